The average Bonchev–Trinajstić information content (AvgIpc) is 2.94. The van der Waals surface area contributed by atoms with E-state index in [0.717, 1.165) is 31.4 Å². The molecule has 1 heterocycles. The Kier molecular flexibility index (Phi) is 6.70. The maximum atomic E-state index is 12.9. The quantitative estimate of drug-likeness (QED) is 0.835. The zero-order chi connectivity index (χ0) is 20.9. The normalized spacial score (nSPS) is 19.5. The van der Waals surface area contributed by atoms with Gasteiger partial charge in [-0.05, 0) is 62.9 Å². The van der Waals surface area contributed by atoms with Crippen molar-refractivity contribution < 1.29 is 14.3 Å². The molecule has 5 heteroatoms. The molecule has 1 atom stereocenters. The van der Waals surface area contributed by atoms with Gasteiger partial charge in [0.05, 0.1) is 5.60 Å². The summed E-state index contributed by atoms with van der Waals surface area (Å²) >= 11 is 0. The number of carbonyl (C=O) groups excluding carboxylic acids is 2. The van der Waals surface area contributed by atoms with Crippen LogP contribution in [0.15, 0.2) is 48.5 Å². The summed E-state index contributed by atoms with van der Waals surface area (Å²) in [5.74, 6) is -0.131. The number of ether oxygens (including phenoxy) is 1. The first-order valence-corrected chi connectivity index (χ1v) is 10.2. The van der Waals surface area contributed by atoms with Crippen LogP contribution in [0.4, 0.5) is 0 Å². The summed E-state index contributed by atoms with van der Waals surface area (Å²) in [5, 5.41) is 2.93. The molecule has 1 fully saturated rings. The number of hydrogen-bond donors (Lipinski definition) is 1. The molecule has 0 radical (unpaired) electrons. The van der Waals surface area contributed by atoms with Crippen LogP contribution in [0.5, 0.6) is 0 Å². The molecule has 154 valence electrons. The number of nitrogens with one attached hydrogen (secondary N) is 1. The Morgan fingerprint density at radius 3 is 2.48 bits per heavy atom. The van der Waals surface area contributed by atoms with Gasteiger partial charge >= 0.3 is 0 Å². The van der Waals surface area contributed by atoms with Crippen molar-refractivity contribution in [2.75, 3.05) is 20.2 Å². The zero-order valence-corrected chi connectivity index (χ0v) is 17.5. The highest BCUT2D eigenvalue weighted by molar-refractivity contribution is 5.97. The van der Waals surface area contributed by atoms with Gasteiger partial charge in [-0.3, -0.25) is 9.59 Å². The van der Waals surface area contributed by atoms with Crippen molar-refractivity contribution in [3.05, 3.63) is 70.8 Å². The lowest BCUT2D eigenvalue weighted by Gasteiger charge is -2.26. The number of carbonyl (C=O) groups is 2. The van der Waals surface area contributed by atoms with Crippen LogP contribution in [0.1, 0.15) is 58.0 Å². The van der Waals surface area contributed by atoms with Gasteiger partial charge in [0, 0.05) is 37.9 Å². The molecule has 2 aromatic carbocycles. The molecule has 1 N–H and O–H groups in total. The second-order valence-electron chi connectivity index (χ2n) is 8.05. The van der Waals surface area contributed by atoms with Crippen molar-refractivity contribution in [1.29, 1.82) is 0 Å². The van der Waals surface area contributed by atoms with Gasteiger partial charge in [-0.15, -0.1) is 0 Å². The number of benzene rings is 2. The van der Waals surface area contributed by atoms with E-state index in [-0.39, 0.29) is 17.4 Å². The third-order valence-corrected chi connectivity index (χ3v) is 5.75. The summed E-state index contributed by atoms with van der Waals surface area (Å²) in [7, 11) is 1.74. The lowest BCUT2D eigenvalue weighted by Crippen LogP contribution is -2.34. The topological polar surface area (TPSA) is 58.6 Å². The number of amides is 2. The van der Waals surface area contributed by atoms with Crippen molar-refractivity contribution in [1.82, 2.24) is 10.2 Å². The van der Waals surface area contributed by atoms with Crippen molar-refractivity contribution in [2.24, 2.45) is 0 Å². The molecule has 0 aliphatic carbocycles. The third-order valence-electron chi connectivity index (χ3n) is 5.75. The maximum Gasteiger partial charge on any atom is 0.253 e. The van der Waals surface area contributed by atoms with Crippen LogP contribution in [0.25, 0.3) is 0 Å². The van der Waals surface area contributed by atoms with E-state index in [1.54, 1.807) is 31.4 Å². The minimum atomic E-state index is -0.158. The second-order valence-corrected chi connectivity index (χ2v) is 8.05. The first-order valence-electron chi connectivity index (χ1n) is 10.2. The molecule has 1 aliphatic rings. The minimum Gasteiger partial charge on any atom is -0.378 e. The van der Waals surface area contributed by atoms with E-state index < -0.39 is 0 Å². The van der Waals surface area contributed by atoms with Crippen molar-refractivity contribution in [3.63, 3.8) is 0 Å². The predicted octanol–water partition coefficient (Wildman–Crippen LogP) is 3.96. The molecule has 2 amide bonds. The number of nitrogens with zero attached hydrogens (tertiary/aromatic N) is 1. The number of aryl methyl sites for hydroxylation is 1. The van der Waals surface area contributed by atoms with Crippen LogP contribution in [-0.2, 0) is 11.3 Å². The van der Waals surface area contributed by atoms with Crippen LogP contribution < -0.4 is 5.32 Å². The fourth-order valence-corrected chi connectivity index (χ4v) is 3.71. The maximum absolute atomic E-state index is 12.9. The van der Waals surface area contributed by atoms with E-state index in [2.05, 4.69) is 18.3 Å². The van der Waals surface area contributed by atoms with E-state index in [1.165, 1.54) is 5.56 Å². The Balaban J connectivity index is 1.59. The fraction of sp³-hybridized carbons (Fsp3) is 0.417. The Hall–Kier alpha value is -2.66. The summed E-state index contributed by atoms with van der Waals surface area (Å²) in [4.78, 5) is 27.2. The molecular formula is C24H30N2O3. The van der Waals surface area contributed by atoms with E-state index in [4.69, 9.17) is 4.74 Å². The Morgan fingerprint density at radius 2 is 1.79 bits per heavy atom. The zero-order valence-electron chi connectivity index (χ0n) is 17.5. The van der Waals surface area contributed by atoms with Gasteiger partial charge in [0.1, 0.15) is 0 Å². The van der Waals surface area contributed by atoms with E-state index in [1.807, 2.05) is 30.0 Å². The summed E-state index contributed by atoms with van der Waals surface area (Å²) in [6.07, 6.45) is 2.71. The fourth-order valence-electron chi connectivity index (χ4n) is 3.71. The lowest BCUT2D eigenvalue weighted by atomic mass is 9.97. The van der Waals surface area contributed by atoms with Crippen LogP contribution in [0.2, 0.25) is 0 Å². The summed E-state index contributed by atoms with van der Waals surface area (Å²) < 4.78 is 5.61. The van der Waals surface area contributed by atoms with E-state index in [9.17, 15) is 9.59 Å². The van der Waals surface area contributed by atoms with E-state index >= 15 is 0 Å². The summed E-state index contributed by atoms with van der Waals surface area (Å²) in [5.41, 5.74) is 3.24. The molecule has 29 heavy (non-hydrogen) atoms. The molecule has 0 saturated carbocycles. The molecule has 1 saturated heterocycles. The Labute approximate surface area is 173 Å². The molecule has 0 bridgehead atoms. The number of likely N-dealkylation sites (tertiary alicyclic amines) is 1. The van der Waals surface area contributed by atoms with Gasteiger partial charge in [0.25, 0.3) is 11.8 Å². The van der Waals surface area contributed by atoms with Gasteiger partial charge in [0.15, 0.2) is 0 Å². The second kappa shape index (κ2) is 9.23. The van der Waals surface area contributed by atoms with Crippen molar-refractivity contribution in [2.45, 2.75) is 45.3 Å². The minimum absolute atomic E-state index is 0.0112. The van der Waals surface area contributed by atoms with E-state index in [0.29, 0.717) is 24.2 Å². The monoisotopic (exact) mass is 394 g/mol. The van der Waals surface area contributed by atoms with Gasteiger partial charge < -0.3 is 15.0 Å². The van der Waals surface area contributed by atoms with Crippen molar-refractivity contribution in [3.8, 4) is 0 Å². The molecule has 2 aromatic rings. The summed E-state index contributed by atoms with van der Waals surface area (Å²) in [6.45, 7) is 6.03. The molecule has 3 rings (SSSR count). The van der Waals surface area contributed by atoms with Crippen LogP contribution in [0.3, 0.4) is 0 Å². The number of hydrogen-bond acceptors (Lipinski definition) is 3. The highest BCUT2D eigenvalue weighted by Gasteiger charge is 2.29. The van der Waals surface area contributed by atoms with Crippen LogP contribution >= 0.6 is 0 Å². The predicted molar refractivity (Wildman–Crippen MR) is 114 cm³/mol. The standard InChI is InChI=1S/C24H30N2O3/c1-18-6-4-7-19(16-18)17-25-22(27)20-8-10-21(11-9-20)23(28)26-14-5-12-24(2,29-3)13-15-26/h4,6-11,16H,5,12-15,17H2,1-3H3,(H,25,27). The van der Waals surface area contributed by atoms with Crippen molar-refractivity contribution >= 4 is 11.8 Å². The van der Waals surface area contributed by atoms with Crippen LogP contribution in [-0.4, -0.2) is 42.5 Å². The Bertz CT molecular complexity index is 863. The molecular weight excluding hydrogens is 364 g/mol. The molecule has 0 aromatic heterocycles. The van der Waals surface area contributed by atoms with Gasteiger partial charge in [-0.2, -0.15) is 0 Å². The first kappa shape index (κ1) is 21.1. The average molecular weight is 395 g/mol. The lowest BCUT2D eigenvalue weighted by molar-refractivity contribution is -0.00537. The third kappa shape index (κ3) is 5.45. The molecule has 0 spiro atoms. The number of methoxy groups -OCH3 is 1. The van der Waals surface area contributed by atoms with Gasteiger partial charge in [0.2, 0.25) is 0 Å². The molecule has 1 aliphatic heterocycles. The van der Waals surface area contributed by atoms with Gasteiger partial charge in [-0.1, -0.05) is 29.8 Å². The smallest absolute Gasteiger partial charge is 0.253 e. The molecule has 1 unspecified atom stereocenters. The first-order chi connectivity index (χ1) is 13.9. The largest absolute Gasteiger partial charge is 0.378 e. The summed E-state index contributed by atoms with van der Waals surface area (Å²) in [6, 6.07) is 15.0. The molecule has 5 nitrogen and oxygen atoms in total. The number of rotatable bonds is 5. The highest BCUT2D eigenvalue weighted by Crippen LogP contribution is 2.25. The van der Waals surface area contributed by atoms with Gasteiger partial charge in [-0.25, -0.2) is 0 Å². The van der Waals surface area contributed by atoms with Crippen LogP contribution in [0, 0.1) is 6.92 Å². The highest BCUT2D eigenvalue weighted by atomic mass is 16.5. The SMILES string of the molecule is COC1(C)CCCN(C(=O)c2ccc(C(=O)NCc3cccc(C)c3)cc2)CC1. The Morgan fingerprint density at radius 1 is 1.07 bits per heavy atom.